The first-order valence-corrected chi connectivity index (χ1v) is 5.58. The van der Waals surface area contributed by atoms with E-state index in [0.717, 1.165) is 24.5 Å². The van der Waals surface area contributed by atoms with Crippen molar-refractivity contribution in [3.05, 3.63) is 0 Å². The van der Waals surface area contributed by atoms with Crippen molar-refractivity contribution in [2.75, 3.05) is 24.7 Å². The molecule has 0 saturated heterocycles. The maximum atomic E-state index is 10.4. The zero-order valence-corrected chi connectivity index (χ0v) is 9.10. The molecule has 3 nitrogen and oxygen atoms in total. The first-order chi connectivity index (χ1) is 6.27. The van der Waals surface area contributed by atoms with Crippen LogP contribution in [0.3, 0.4) is 0 Å². The van der Waals surface area contributed by atoms with Crippen LogP contribution in [0.5, 0.6) is 0 Å². The van der Waals surface area contributed by atoms with E-state index in [0.29, 0.717) is 6.61 Å². The number of esters is 1. The highest BCUT2D eigenvalue weighted by Crippen LogP contribution is 2.01. The zero-order chi connectivity index (χ0) is 9.94. The zero-order valence-electron chi connectivity index (χ0n) is 8.28. The van der Waals surface area contributed by atoms with E-state index in [1.807, 2.05) is 13.1 Å². The van der Waals surface area contributed by atoms with Gasteiger partial charge < -0.3 is 4.74 Å². The summed E-state index contributed by atoms with van der Waals surface area (Å²) in [5.41, 5.74) is 0. The minimum Gasteiger partial charge on any atom is -0.465 e. The van der Waals surface area contributed by atoms with Crippen molar-refractivity contribution < 1.29 is 9.53 Å². The molecule has 0 aromatic carbocycles. The molecule has 0 fully saturated rings. The first kappa shape index (κ1) is 12.5. The fourth-order valence-electron chi connectivity index (χ4n) is 0.733. The number of rotatable bonds is 7. The van der Waals surface area contributed by atoms with Gasteiger partial charge >= 0.3 is 5.97 Å². The standard InChI is InChI=1S/C9H17NO2S/c1-3-10-5-4-7-13-8-6-12-9(2)11/h3H,4-8H2,1-2H3. The molecule has 0 N–H and O–H groups in total. The average molecular weight is 203 g/mol. The second-order valence-electron chi connectivity index (χ2n) is 2.47. The lowest BCUT2D eigenvalue weighted by Gasteiger charge is -2.00. The van der Waals surface area contributed by atoms with Gasteiger partial charge in [-0.1, -0.05) is 0 Å². The van der Waals surface area contributed by atoms with Gasteiger partial charge in [-0.15, -0.1) is 0 Å². The van der Waals surface area contributed by atoms with Gasteiger partial charge in [-0.2, -0.15) is 11.8 Å². The number of carbonyl (C=O) groups is 1. The molecule has 0 spiro atoms. The van der Waals surface area contributed by atoms with Crippen molar-refractivity contribution in [3.63, 3.8) is 0 Å². The molecule has 0 aliphatic heterocycles. The number of aliphatic imine (C=N–C) groups is 1. The Labute approximate surface area is 84.0 Å². The summed E-state index contributed by atoms with van der Waals surface area (Å²) in [7, 11) is 0. The van der Waals surface area contributed by atoms with E-state index >= 15 is 0 Å². The molecule has 0 radical (unpaired) electrons. The van der Waals surface area contributed by atoms with Gasteiger partial charge in [0.25, 0.3) is 0 Å². The van der Waals surface area contributed by atoms with Crippen LogP contribution in [-0.4, -0.2) is 36.8 Å². The van der Waals surface area contributed by atoms with E-state index in [4.69, 9.17) is 4.74 Å². The molecule has 0 unspecified atom stereocenters. The minimum absolute atomic E-state index is 0.198. The normalized spacial score (nSPS) is 10.6. The van der Waals surface area contributed by atoms with E-state index in [9.17, 15) is 4.79 Å². The lowest BCUT2D eigenvalue weighted by Crippen LogP contribution is -2.02. The number of carbonyl (C=O) groups excluding carboxylic acids is 1. The molecule has 76 valence electrons. The molecular weight excluding hydrogens is 186 g/mol. The topological polar surface area (TPSA) is 38.7 Å². The molecule has 0 heterocycles. The first-order valence-electron chi connectivity index (χ1n) is 4.43. The van der Waals surface area contributed by atoms with E-state index in [1.54, 1.807) is 11.8 Å². The summed E-state index contributed by atoms with van der Waals surface area (Å²) >= 11 is 1.79. The molecule has 0 aliphatic rings. The minimum atomic E-state index is -0.198. The molecule has 0 aromatic heterocycles. The summed E-state index contributed by atoms with van der Waals surface area (Å²) in [6.07, 6.45) is 2.92. The molecule has 0 atom stereocenters. The van der Waals surface area contributed by atoms with Crippen LogP contribution in [0.4, 0.5) is 0 Å². The van der Waals surface area contributed by atoms with Gasteiger partial charge in [-0.3, -0.25) is 9.79 Å². The summed E-state index contributed by atoms with van der Waals surface area (Å²) < 4.78 is 4.78. The van der Waals surface area contributed by atoms with Crippen LogP contribution in [-0.2, 0) is 9.53 Å². The highest BCUT2D eigenvalue weighted by atomic mass is 32.2. The lowest BCUT2D eigenvalue weighted by atomic mass is 10.5. The highest BCUT2D eigenvalue weighted by molar-refractivity contribution is 7.99. The molecule has 4 heteroatoms. The van der Waals surface area contributed by atoms with E-state index in [1.165, 1.54) is 6.92 Å². The van der Waals surface area contributed by atoms with Crippen molar-refractivity contribution >= 4 is 23.9 Å². The van der Waals surface area contributed by atoms with Gasteiger partial charge in [0.1, 0.15) is 6.61 Å². The predicted octanol–water partition coefficient (Wildman–Crippen LogP) is 1.76. The largest absolute Gasteiger partial charge is 0.465 e. The van der Waals surface area contributed by atoms with Gasteiger partial charge in [0.15, 0.2) is 0 Å². The summed E-state index contributed by atoms with van der Waals surface area (Å²) in [5.74, 6) is 1.77. The van der Waals surface area contributed by atoms with Crippen LogP contribution in [0.15, 0.2) is 4.99 Å². The Hall–Kier alpha value is -0.510. The van der Waals surface area contributed by atoms with Gasteiger partial charge in [0.05, 0.1) is 0 Å². The van der Waals surface area contributed by atoms with Crippen molar-refractivity contribution in [1.29, 1.82) is 0 Å². The summed E-state index contributed by atoms with van der Waals surface area (Å²) in [4.78, 5) is 14.5. The van der Waals surface area contributed by atoms with Crippen molar-refractivity contribution in [1.82, 2.24) is 0 Å². The van der Waals surface area contributed by atoms with E-state index in [2.05, 4.69) is 4.99 Å². The van der Waals surface area contributed by atoms with Crippen molar-refractivity contribution in [2.24, 2.45) is 4.99 Å². The van der Waals surface area contributed by atoms with Gasteiger partial charge in [-0.25, -0.2) is 0 Å². The van der Waals surface area contributed by atoms with Crippen LogP contribution < -0.4 is 0 Å². The van der Waals surface area contributed by atoms with Crippen molar-refractivity contribution in [2.45, 2.75) is 20.3 Å². The Morgan fingerprint density at radius 3 is 2.92 bits per heavy atom. The number of hydrogen-bond donors (Lipinski definition) is 0. The third-order valence-corrected chi connectivity index (χ3v) is 2.32. The molecule has 13 heavy (non-hydrogen) atoms. The summed E-state index contributed by atoms with van der Waals surface area (Å²) in [6.45, 7) is 4.78. The molecule has 0 bridgehead atoms. The maximum absolute atomic E-state index is 10.4. The Balaban J connectivity index is 2.95. The number of hydrogen-bond acceptors (Lipinski definition) is 4. The van der Waals surface area contributed by atoms with Crippen molar-refractivity contribution in [3.8, 4) is 0 Å². The Morgan fingerprint density at radius 1 is 1.54 bits per heavy atom. The molecule has 0 saturated carbocycles. The monoisotopic (exact) mass is 203 g/mol. The highest BCUT2D eigenvalue weighted by Gasteiger charge is 1.92. The smallest absolute Gasteiger partial charge is 0.302 e. The molecular formula is C9H17NO2S. The summed E-state index contributed by atoms with van der Waals surface area (Å²) in [6, 6.07) is 0. The van der Waals surface area contributed by atoms with Crippen LogP contribution >= 0.6 is 11.8 Å². The fourth-order valence-corrected chi connectivity index (χ4v) is 1.47. The molecule has 0 aliphatic carbocycles. The second-order valence-corrected chi connectivity index (χ2v) is 3.70. The van der Waals surface area contributed by atoms with Crippen LogP contribution in [0.2, 0.25) is 0 Å². The van der Waals surface area contributed by atoms with E-state index in [-0.39, 0.29) is 5.97 Å². The Morgan fingerprint density at radius 2 is 2.31 bits per heavy atom. The molecule has 0 amide bonds. The second kappa shape index (κ2) is 9.58. The average Bonchev–Trinajstić information content (AvgIpc) is 2.09. The van der Waals surface area contributed by atoms with Crippen LogP contribution in [0, 0.1) is 0 Å². The SMILES string of the molecule is CC=NCCCSCCOC(C)=O. The predicted molar refractivity (Wildman–Crippen MR) is 57.6 cm³/mol. The van der Waals surface area contributed by atoms with Gasteiger partial charge in [0, 0.05) is 19.2 Å². The number of ether oxygens (including phenoxy) is 1. The van der Waals surface area contributed by atoms with E-state index < -0.39 is 0 Å². The number of nitrogens with zero attached hydrogens (tertiary/aromatic N) is 1. The molecule has 0 aromatic rings. The third kappa shape index (κ3) is 11.5. The maximum Gasteiger partial charge on any atom is 0.302 e. The quantitative estimate of drug-likeness (QED) is 0.359. The lowest BCUT2D eigenvalue weighted by molar-refractivity contribution is -0.140. The van der Waals surface area contributed by atoms with Crippen LogP contribution in [0.1, 0.15) is 20.3 Å². The van der Waals surface area contributed by atoms with Gasteiger partial charge in [-0.05, 0) is 25.3 Å². The molecule has 0 rings (SSSR count). The van der Waals surface area contributed by atoms with Gasteiger partial charge in [0.2, 0.25) is 0 Å². The number of thioether (sulfide) groups is 1. The fraction of sp³-hybridized carbons (Fsp3) is 0.778. The summed E-state index contributed by atoms with van der Waals surface area (Å²) in [5, 5.41) is 0. The Bertz CT molecular complexity index is 160. The van der Waals surface area contributed by atoms with Crippen LogP contribution in [0.25, 0.3) is 0 Å². The Kier molecular flexibility index (Phi) is 9.20. The third-order valence-electron chi connectivity index (χ3n) is 1.29.